The van der Waals surface area contributed by atoms with Crippen LogP contribution in [0.15, 0.2) is 0 Å². The molecule has 0 rings (SSSR count). The second kappa shape index (κ2) is 5.96. The van der Waals surface area contributed by atoms with Crippen molar-refractivity contribution in [2.75, 3.05) is 6.61 Å². The van der Waals surface area contributed by atoms with Gasteiger partial charge in [-0.1, -0.05) is 19.8 Å². The van der Waals surface area contributed by atoms with Crippen LogP contribution in [0.25, 0.3) is 0 Å². The van der Waals surface area contributed by atoms with Crippen LogP contribution in [-0.2, 0) is 5.11 Å². The summed E-state index contributed by atoms with van der Waals surface area (Å²) in [6.07, 6.45) is 5.10. The molecule has 2 radical (unpaired) electrons. The van der Waals surface area contributed by atoms with E-state index in [9.17, 15) is 5.11 Å². The van der Waals surface area contributed by atoms with Crippen molar-refractivity contribution < 1.29 is 5.11 Å². The van der Waals surface area contributed by atoms with Gasteiger partial charge in [0.25, 0.3) is 0 Å². The van der Waals surface area contributed by atoms with Gasteiger partial charge in [0.05, 0.1) is 6.61 Å². The normalized spacial score (nSPS) is 9.43. The maximum Gasteiger partial charge on any atom is 0.0822 e. The van der Waals surface area contributed by atoms with Crippen molar-refractivity contribution >= 4 is 0 Å². The Labute approximate surface area is 45.4 Å². The molecule has 0 aliphatic heterocycles. The molecule has 1 heteroatoms. The molecule has 0 unspecified atom stereocenters. The Kier molecular flexibility index (Phi) is 5.93. The molecule has 0 aromatic heterocycles. The predicted molar refractivity (Wildman–Crippen MR) is 29.4 cm³/mol. The number of hydrogen-bond acceptors (Lipinski definition) is 0. The van der Waals surface area contributed by atoms with Gasteiger partial charge in [0, 0.05) is 0 Å². The molecule has 0 heterocycles. The van der Waals surface area contributed by atoms with E-state index in [1.54, 1.807) is 0 Å². The summed E-state index contributed by atoms with van der Waals surface area (Å²) in [6.45, 7) is 2.11. The smallest absolute Gasteiger partial charge is 0.0822 e. The summed E-state index contributed by atoms with van der Waals surface area (Å²) < 4.78 is 0. The minimum absolute atomic E-state index is 0.0911. The third-order valence-corrected chi connectivity index (χ3v) is 0.887. The van der Waals surface area contributed by atoms with Crippen molar-refractivity contribution in [3.05, 3.63) is 6.42 Å². The summed E-state index contributed by atoms with van der Waals surface area (Å²) in [6, 6.07) is 0. The van der Waals surface area contributed by atoms with Gasteiger partial charge in [0.2, 0.25) is 0 Å². The third kappa shape index (κ3) is 5.96. The van der Waals surface area contributed by atoms with Gasteiger partial charge in [-0.15, -0.1) is 0 Å². The van der Waals surface area contributed by atoms with Crippen molar-refractivity contribution in [2.24, 2.45) is 0 Å². The highest BCUT2D eigenvalue weighted by Gasteiger charge is 1.82. The fraction of sp³-hybridized carbons (Fsp3) is 0.833. The molecule has 7 heavy (non-hydrogen) atoms. The summed E-state index contributed by atoms with van der Waals surface area (Å²) in [5, 5.41) is 9.79. The van der Waals surface area contributed by atoms with Crippen LogP contribution in [-0.4, -0.2) is 6.61 Å². The Morgan fingerprint density at radius 2 is 2.14 bits per heavy atom. The van der Waals surface area contributed by atoms with Crippen LogP contribution in [0, 0.1) is 6.42 Å². The SMILES string of the molecule is C[CH]CCCC[O]. The summed E-state index contributed by atoms with van der Waals surface area (Å²) in [4.78, 5) is 0. The topological polar surface area (TPSA) is 19.9 Å². The van der Waals surface area contributed by atoms with Gasteiger partial charge in [-0.25, -0.2) is 5.11 Å². The summed E-state index contributed by atoms with van der Waals surface area (Å²) in [5.74, 6) is 0. The van der Waals surface area contributed by atoms with Crippen molar-refractivity contribution in [3.63, 3.8) is 0 Å². The molecule has 0 aliphatic rings. The average Bonchev–Trinajstić information content (AvgIpc) is 1.69. The molecular weight excluding hydrogens is 88.1 g/mol. The lowest BCUT2D eigenvalue weighted by Gasteiger charge is -1.88. The molecule has 0 saturated carbocycles. The number of rotatable bonds is 4. The lowest BCUT2D eigenvalue weighted by atomic mass is 10.2. The lowest BCUT2D eigenvalue weighted by Crippen LogP contribution is -1.79. The Bertz CT molecular complexity index is 23.4. The van der Waals surface area contributed by atoms with Crippen molar-refractivity contribution in [3.8, 4) is 0 Å². The molecule has 0 aliphatic carbocycles. The molecule has 0 aromatic rings. The molecule has 0 aromatic carbocycles. The fourth-order valence-corrected chi connectivity index (χ4v) is 0.451. The lowest BCUT2D eigenvalue weighted by molar-refractivity contribution is 0.187. The van der Waals surface area contributed by atoms with E-state index in [2.05, 4.69) is 6.42 Å². The first kappa shape index (κ1) is 6.96. The van der Waals surface area contributed by atoms with Gasteiger partial charge in [0.15, 0.2) is 0 Å². The Morgan fingerprint density at radius 3 is 2.57 bits per heavy atom. The second-order valence-electron chi connectivity index (χ2n) is 1.61. The zero-order chi connectivity index (χ0) is 5.54. The van der Waals surface area contributed by atoms with Crippen molar-refractivity contribution in [1.82, 2.24) is 0 Å². The minimum atomic E-state index is 0.0911. The van der Waals surface area contributed by atoms with Gasteiger partial charge in [-0.2, -0.15) is 0 Å². The molecule has 0 N–H and O–H groups in total. The minimum Gasteiger partial charge on any atom is -0.237 e. The molecular formula is C6H12O. The summed E-state index contributed by atoms with van der Waals surface area (Å²) >= 11 is 0. The van der Waals surface area contributed by atoms with Crippen LogP contribution < -0.4 is 0 Å². The van der Waals surface area contributed by atoms with E-state index in [4.69, 9.17) is 0 Å². The number of unbranched alkanes of at least 4 members (excludes halogenated alkanes) is 3. The van der Waals surface area contributed by atoms with Gasteiger partial charge in [-0.05, 0) is 12.8 Å². The molecule has 0 atom stereocenters. The fourth-order valence-electron chi connectivity index (χ4n) is 0.451. The van der Waals surface area contributed by atoms with Crippen molar-refractivity contribution in [2.45, 2.75) is 26.2 Å². The Hall–Kier alpha value is -0.0400. The highest BCUT2D eigenvalue weighted by Crippen LogP contribution is 1.95. The highest BCUT2D eigenvalue weighted by molar-refractivity contribution is 4.53. The van der Waals surface area contributed by atoms with Crippen LogP contribution in [0.4, 0.5) is 0 Å². The molecule has 0 bridgehead atoms. The van der Waals surface area contributed by atoms with Crippen LogP contribution in [0.3, 0.4) is 0 Å². The van der Waals surface area contributed by atoms with E-state index in [1.165, 1.54) is 0 Å². The van der Waals surface area contributed by atoms with Crippen LogP contribution in [0.2, 0.25) is 0 Å². The van der Waals surface area contributed by atoms with E-state index in [0.29, 0.717) is 0 Å². The molecule has 1 nitrogen and oxygen atoms in total. The van der Waals surface area contributed by atoms with Crippen LogP contribution >= 0.6 is 0 Å². The van der Waals surface area contributed by atoms with Gasteiger partial charge in [0.1, 0.15) is 0 Å². The summed E-state index contributed by atoms with van der Waals surface area (Å²) in [5.41, 5.74) is 0. The van der Waals surface area contributed by atoms with Gasteiger partial charge < -0.3 is 0 Å². The summed E-state index contributed by atoms with van der Waals surface area (Å²) in [7, 11) is 0. The van der Waals surface area contributed by atoms with E-state index in [1.807, 2.05) is 6.92 Å². The highest BCUT2D eigenvalue weighted by atomic mass is 16.2. The first-order chi connectivity index (χ1) is 3.41. The monoisotopic (exact) mass is 100 g/mol. The van der Waals surface area contributed by atoms with Gasteiger partial charge >= 0.3 is 0 Å². The molecule has 42 valence electrons. The maximum atomic E-state index is 9.79. The second-order valence-corrected chi connectivity index (χ2v) is 1.61. The van der Waals surface area contributed by atoms with E-state index in [0.717, 1.165) is 19.3 Å². The molecule has 0 saturated heterocycles. The first-order valence-electron chi connectivity index (χ1n) is 2.77. The maximum absolute atomic E-state index is 9.79. The molecule has 0 amide bonds. The standard InChI is InChI=1S/C6H12O/c1-2-3-4-5-6-7/h2H,3-6H2,1H3. The number of hydrogen-bond donors (Lipinski definition) is 0. The van der Waals surface area contributed by atoms with E-state index in [-0.39, 0.29) is 6.61 Å². The molecule has 0 fully saturated rings. The Morgan fingerprint density at radius 1 is 1.43 bits per heavy atom. The first-order valence-corrected chi connectivity index (χ1v) is 2.77. The zero-order valence-electron chi connectivity index (χ0n) is 4.81. The molecule has 0 spiro atoms. The third-order valence-electron chi connectivity index (χ3n) is 0.887. The van der Waals surface area contributed by atoms with Gasteiger partial charge in [-0.3, -0.25) is 0 Å². The largest absolute Gasteiger partial charge is 0.237 e. The zero-order valence-corrected chi connectivity index (χ0v) is 4.81. The van der Waals surface area contributed by atoms with E-state index < -0.39 is 0 Å². The Balaban J connectivity index is 2.45. The predicted octanol–water partition coefficient (Wildman–Crippen LogP) is 1.81. The van der Waals surface area contributed by atoms with Crippen LogP contribution in [0.1, 0.15) is 26.2 Å². The van der Waals surface area contributed by atoms with Crippen LogP contribution in [0.5, 0.6) is 0 Å². The quantitative estimate of drug-likeness (QED) is 0.480. The van der Waals surface area contributed by atoms with Crippen molar-refractivity contribution in [1.29, 1.82) is 0 Å². The average molecular weight is 100 g/mol. The van der Waals surface area contributed by atoms with E-state index >= 15 is 0 Å².